The van der Waals surface area contributed by atoms with Crippen molar-refractivity contribution in [1.82, 2.24) is 14.7 Å². The maximum Gasteiger partial charge on any atom is 0.290 e. The molecule has 160 valence electrons. The summed E-state index contributed by atoms with van der Waals surface area (Å²) in [6.07, 6.45) is 2.26. The second-order valence-electron chi connectivity index (χ2n) is 7.93. The first-order valence-electron chi connectivity index (χ1n) is 10.2. The Bertz CT molecular complexity index is 846. The molecule has 0 aliphatic carbocycles. The van der Waals surface area contributed by atoms with Crippen LogP contribution in [0.25, 0.3) is 0 Å². The number of likely N-dealkylation sites (tertiary alicyclic amines) is 2. The normalized spacial score (nSPS) is 29.5. The molecule has 0 bridgehead atoms. The number of amides is 3. The average Bonchev–Trinajstić information content (AvgIpc) is 3.46. The molecule has 1 aromatic carbocycles. The van der Waals surface area contributed by atoms with Crippen molar-refractivity contribution in [2.24, 2.45) is 0 Å². The van der Waals surface area contributed by atoms with Crippen molar-refractivity contribution in [2.75, 3.05) is 26.2 Å². The van der Waals surface area contributed by atoms with Gasteiger partial charge in [0.15, 0.2) is 5.72 Å². The molecule has 4 aliphatic heterocycles. The van der Waals surface area contributed by atoms with Gasteiger partial charge in [0.05, 0.1) is 31.7 Å². The Labute approximate surface area is 174 Å². The number of hydrogen-bond acceptors (Lipinski definition) is 5. The van der Waals surface area contributed by atoms with E-state index in [1.165, 1.54) is 0 Å². The van der Waals surface area contributed by atoms with Crippen molar-refractivity contribution in [1.29, 1.82) is 0 Å². The summed E-state index contributed by atoms with van der Waals surface area (Å²) in [7, 11) is 0. The van der Waals surface area contributed by atoms with E-state index < -0.39 is 5.72 Å². The van der Waals surface area contributed by atoms with E-state index in [1.807, 2.05) is 35.2 Å². The highest BCUT2D eigenvalue weighted by atomic mass is 16.5. The summed E-state index contributed by atoms with van der Waals surface area (Å²) in [6, 6.07) is 9.57. The fraction of sp³-hybridized carbons (Fsp3) is 0.524. The molecule has 4 fully saturated rings. The van der Waals surface area contributed by atoms with Crippen LogP contribution in [0.2, 0.25) is 0 Å². The molecule has 1 spiro atoms. The lowest BCUT2D eigenvalue weighted by molar-refractivity contribution is -0.143. The SMILES string of the molecule is O=C1CCCN1CC(=O)N1CC[C@@]23OC[C@@H](c4ccccc4)N2C(=O)C[C@@H]13.O=CO. The van der Waals surface area contributed by atoms with Crippen LogP contribution < -0.4 is 0 Å². The second-order valence-corrected chi connectivity index (χ2v) is 7.93. The molecule has 0 radical (unpaired) electrons. The van der Waals surface area contributed by atoms with Crippen LogP contribution in [-0.2, 0) is 23.9 Å². The molecule has 4 saturated heterocycles. The highest BCUT2D eigenvalue weighted by Gasteiger charge is 2.65. The lowest BCUT2D eigenvalue weighted by atomic mass is 10.0. The van der Waals surface area contributed by atoms with Crippen LogP contribution in [0, 0.1) is 0 Å². The van der Waals surface area contributed by atoms with Crippen LogP contribution >= 0.6 is 0 Å². The number of ether oxygens (including phenoxy) is 1. The van der Waals surface area contributed by atoms with Gasteiger partial charge in [0.1, 0.15) is 0 Å². The van der Waals surface area contributed by atoms with Gasteiger partial charge < -0.3 is 24.5 Å². The van der Waals surface area contributed by atoms with Gasteiger partial charge in [0.2, 0.25) is 17.7 Å². The van der Waals surface area contributed by atoms with Gasteiger partial charge in [-0.05, 0) is 12.0 Å². The third-order valence-corrected chi connectivity index (χ3v) is 6.46. The van der Waals surface area contributed by atoms with E-state index in [9.17, 15) is 14.4 Å². The molecule has 4 aliphatic rings. The molecule has 9 heteroatoms. The zero-order valence-electron chi connectivity index (χ0n) is 16.6. The van der Waals surface area contributed by atoms with Gasteiger partial charge in [-0.3, -0.25) is 19.2 Å². The fourth-order valence-corrected chi connectivity index (χ4v) is 5.19. The van der Waals surface area contributed by atoms with Crippen molar-refractivity contribution in [2.45, 2.75) is 43.5 Å². The third kappa shape index (κ3) is 3.23. The van der Waals surface area contributed by atoms with Gasteiger partial charge in [-0.1, -0.05) is 30.3 Å². The van der Waals surface area contributed by atoms with Crippen LogP contribution in [0.3, 0.4) is 0 Å². The second kappa shape index (κ2) is 8.06. The quantitative estimate of drug-likeness (QED) is 0.725. The molecule has 5 rings (SSSR count). The van der Waals surface area contributed by atoms with E-state index in [0.717, 1.165) is 12.0 Å². The molecular formula is C21H25N3O6. The molecule has 1 aromatic rings. The predicted molar refractivity (Wildman–Crippen MR) is 104 cm³/mol. The van der Waals surface area contributed by atoms with Crippen LogP contribution in [0.4, 0.5) is 0 Å². The van der Waals surface area contributed by atoms with E-state index in [1.54, 1.807) is 9.80 Å². The number of hydrogen-bond donors (Lipinski definition) is 1. The molecule has 9 nitrogen and oxygen atoms in total. The summed E-state index contributed by atoms with van der Waals surface area (Å²) in [6.45, 7) is 1.53. The molecule has 30 heavy (non-hydrogen) atoms. The Morgan fingerprint density at radius 3 is 2.60 bits per heavy atom. The number of nitrogens with zero attached hydrogens (tertiary/aromatic N) is 3. The van der Waals surface area contributed by atoms with E-state index in [2.05, 4.69) is 0 Å². The van der Waals surface area contributed by atoms with Crippen LogP contribution in [-0.4, -0.2) is 82.0 Å². The van der Waals surface area contributed by atoms with Crippen molar-refractivity contribution >= 4 is 24.2 Å². The number of carbonyl (C=O) groups is 4. The molecular weight excluding hydrogens is 390 g/mol. The third-order valence-electron chi connectivity index (χ3n) is 6.46. The van der Waals surface area contributed by atoms with E-state index >= 15 is 0 Å². The topological polar surface area (TPSA) is 107 Å². The van der Waals surface area contributed by atoms with Gasteiger partial charge in [-0.15, -0.1) is 0 Å². The largest absolute Gasteiger partial charge is 0.483 e. The highest BCUT2D eigenvalue weighted by molar-refractivity contribution is 5.88. The monoisotopic (exact) mass is 415 g/mol. The first kappa shape index (κ1) is 20.3. The van der Waals surface area contributed by atoms with Crippen molar-refractivity contribution in [3.05, 3.63) is 35.9 Å². The summed E-state index contributed by atoms with van der Waals surface area (Å²) in [5.74, 6) is 0.0114. The van der Waals surface area contributed by atoms with E-state index in [4.69, 9.17) is 14.6 Å². The van der Waals surface area contributed by atoms with E-state index in [-0.39, 0.29) is 42.8 Å². The maximum atomic E-state index is 12.9. The Hall–Kier alpha value is -2.94. The van der Waals surface area contributed by atoms with Crippen LogP contribution in [0.5, 0.6) is 0 Å². The molecule has 0 unspecified atom stereocenters. The van der Waals surface area contributed by atoms with Crippen molar-refractivity contribution < 1.29 is 29.0 Å². The lowest BCUT2D eigenvalue weighted by Gasteiger charge is -2.33. The van der Waals surface area contributed by atoms with Crippen LogP contribution in [0.15, 0.2) is 30.3 Å². The molecule has 4 heterocycles. The summed E-state index contributed by atoms with van der Waals surface area (Å²) in [4.78, 5) is 51.2. The van der Waals surface area contributed by atoms with Gasteiger partial charge in [-0.25, -0.2) is 0 Å². The lowest BCUT2D eigenvalue weighted by Crippen LogP contribution is -2.50. The van der Waals surface area contributed by atoms with Crippen molar-refractivity contribution in [3.63, 3.8) is 0 Å². The highest BCUT2D eigenvalue weighted by Crippen LogP contribution is 2.51. The minimum atomic E-state index is -0.706. The standard InChI is InChI=1S/C20H23N3O4.CH2O2/c24-17-7-4-9-21(17)12-19(26)22-10-8-20-16(22)11-18(25)23(20)15(13-27-20)14-5-2-1-3-6-14;2-1-3/h1-3,5-6,15-16H,4,7-13H2;1H,(H,2,3)/t15-,16+,20-;/m0./s1. The minimum Gasteiger partial charge on any atom is -0.483 e. The minimum absolute atomic E-state index is 0.0427. The number of carbonyl (C=O) groups excluding carboxylic acids is 3. The summed E-state index contributed by atoms with van der Waals surface area (Å²) < 4.78 is 6.23. The van der Waals surface area contributed by atoms with Gasteiger partial charge in [-0.2, -0.15) is 0 Å². The number of carboxylic acid groups (broad SMARTS) is 1. The summed E-state index contributed by atoms with van der Waals surface area (Å²) in [5.41, 5.74) is 0.359. The molecule has 0 aromatic heterocycles. The molecule has 1 N–H and O–H groups in total. The Morgan fingerprint density at radius 1 is 1.20 bits per heavy atom. The first-order chi connectivity index (χ1) is 14.5. The number of rotatable bonds is 3. The van der Waals surface area contributed by atoms with Gasteiger partial charge in [0, 0.05) is 25.9 Å². The first-order valence-corrected chi connectivity index (χ1v) is 10.2. The Kier molecular flexibility index (Phi) is 5.46. The molecule has 3 amide bonds. The summed E-state index contributed by atoms with van der Waals surface area (Å²) >= 11 is 0. The Balaban J connectivity index is 0.000000687. The zero-order chi connectivity index (χ0) is 21.3. The van der Waals surface area contributed by atoms with Crippen LogP contribution in [0.1, 0.15) is 37.3 Å². The summed E-state index contributed by atoms with van der Waals surface area (Å²) in [5, 5.41) is 6.89. The average molecular weight is 415 g/mol. The molecule has 0 saturated carbocycles. The fourth-order valence-electron chi connectivity index (χ4n) is 5.19. The zero-order valence-corrected chi connectivity index (χ0v) is 16.6. The smallest absolute Gasteiger partial charge is 0.290 e. The van der Waals surface area contributed by atoms with Gasteiger partial charge in [0.25, 0.3) is 6.47 Å². The molecule has 3 atom stereocenters. The van der Waals surface area contributed by atoms with E-state index in [0.29, 0.717) is 39.0 Å². The Morgan fingerprint density at radius 2 is 1.93 bits per heavy atom. The van der Waals surface area contributed by atoms with Crippen molar-refractivity contribution in [3.8, 4) is 0 Å². The van der Waals surface area contributed by atoms with Gasteiger partial charge >= 0.3 is 0 Å². The maximum absolute atomic E-state index is 12.9. The predicted octanol–water partition coefficient (Wildman–Crippen LogP) is 0.611. The number of benzene rings is 1.